The summed E-state index contributed by atoms with van der Waals surface area (Å²) in [6.07, 6.45) is 0. The van der Waals surface area contributed by atoms with Gasteiger partial charge >= 0.3 is 0 Å². The van der Waals surface area contributed by atoms with Gasteiger partial charge in [-0.1, -0.05) is 71.1 Å². The highest BCUT2D eigenvalue weighted by Gasteiger charge is 2.17. The Hall–Kier alpha value is -2.38. The third-order valence-electron chi connectivity index (χ3n) is 3.66. The first-order chi connectivity index (χ1) is 12.6. The Kier molecular flexibility index (Phi) is 6.25. The van der Waals surface area contributed by atoms with Gasteiger partial charge in [-0.05, 0) is 31.5 Å². The zero-order chi connectivity index (χ0) is 18.4. The fourth-order valence-electron chi connectivity index (χ4n) is 2.19. The Balaban J connectivity index is 1.51. The molecule has 3 rings (SSSR count). The van der Waals surface area contributed by atoms with Crippen LogP contribution >= 0.6 is 23.1 Å². The van der Waals surface area contributed by atoms with Crippen molar-refractivity contribution in [3.63, 3.8) is 0 Å². The average Bonchev–Trinajstić information content (AvgIpc) is 3.10. The lowest BCUT2D eigenvalue weighted by molar-refractivity contribution is -0.115. The van der Waals surface area contributed by atoms with E-state index in [4.69, 9.17) is 0 Å². The Morgan fingerprint density at radius 3 is 2.58 bits per heavy atom. The number of nitrogens with one attached hydrogen (secondary N) is 2. The molecule has 1 atom stereocenters. The molecule has 2 N–H and O–H groups in total. The number of hydrogen-bond donors (Lipinski definition) is 2. The summed E-state index contributed by atoms with van der Waals surface area (Å²) in [6, 6.07) is 17.9. The lowest BCUT2D eigenvalue weighted by atomic mass is 10.2. The second kappa shape index (κ2) is 8.82. The summed E-state index contributed by atoms with van der Waals surface area (Å²) in [5, 5.41) is 15.0. The second-order valence-corrected chi connectivity index (χ2v) is 8.39. The zero-order valence-electron chi connectivity index (χ0n) is 14.6. The highest BCUT2D eigenvalue weighted by molar-refractivity contribution is 8.02. The third-order valence-corrected chi connectivity index (χ3v) is 5.72. The molecule has 26 heavy (non-hydrogen) atoms. The lowest BCUT2D eigenvalue weighted by Crippen LogP contribution is -2.22. The van der Waals surface area contributed by atoms with Crippen molar-refractivity contribution in [2.24, 2.45) is 0 Å². The lowest BCUT2D eigenvalue weighted by Gasteiger charge is -2.10. The third kappa shape index (κ3) is 5.31. The minimum atomic E-state index is -0.258. The largest absolute Gasteiger partial charge is 0.356 e. The van der Waals surface area contributed by atoms with E-state index in [1.54, 1.807) is 0 Å². The molecule has 2 aromatic carbocycles. The van der Waals surface area contributed by atoms with Gasteiger partial charge in [0.1, 0.15) is 0 Å². The van der Waals surface area contributed by atoms with Gasteiger partial charge in [0, 0.05) is 12.2 Å². The van der Waals surface area contributed by atoms with Crippen LogP contribution in [-0.4, -0.2) is 21.4 Å². The molecular weight excluding hydrogens is 364 g/mol. The molecule has 0 radical (unpaired) electrons. The van der Waals surface area contributed by atoms with Gasteiger partial charge in [0.2, 0.25) is 11.0 Å². The molecule has 0 saturated heterocycles. The molecule has 0 saturated carbocycles. The minimum absolute atomic E-state index is 0.0483. The van der Waals surface area contributed by atoms with Gasteiger partial charge in [0.25, 0.3) is 0 Å². The van der Waals surface area contributed by atoms with Crippen molar-refractivity contribution in [2.75, 3.05) is 10.6 Å². The standard InChI is InChI=1S/C19H20N4OS2/c1-13-8-10-16(11-9-13)21-17(24)14(2)25-19-23-22-18(26-19)20-12-15-6-4-3-5-7-15/h3-11,14H,12H2,1-2H3,(H,20,22)(H,21,24)/t14-/m1/s1. The van der Waals surface area contributed by atoms with Crippen LogP contribution in [0.3, 0.4) is 0 Å². The smallest absolute Gasteiger partial charge is 0.237 e. The van der Waals surface area contributed by atoms with Crippen molar-refractivity contribution in [3.8, 4) is 0 Å². The number of thioether (sulfide) groups is 1. The maximum Gasteiger partial charge on any atom is 0.237 e. The fourth-order valence-corrected chi connectivity index (χ4v) is 4.08. The highest BCUT2D eigenvalue weighted by Crippen LogP contribution is 2.29. The van der Waals surface area contributed by atoms with E-state index in [0.29, 0.717) is 6.54 Å². The first-order valence-electron chi connectivity index (χ1n) is 8.25. The molecule has 3 aromatic rings. The van der Waals surface area contributed by atoms with Gasteiger partial charge in [0.05, 0.1) is 5.25 Å². The maximum absolute atomic E-state index is 12.3. The van der Waals surface area contributed by atoms with Gasteiger partial charge in [-0.3, -0.25) is 4.79 Å². The fraction of sp³-hybridized carbons (Fsp3) is 0.211. The molecule has 0 aliphatic carbocycles. The normalized spacial score (nSPS) is 11.8. The SMILES string of the molecule is Cc1ccc(NC(=O)[C@@H](C)Sc2nnc(NCc3ccccc3)s2)cc1. The Bertz CT molecular complexity index is 849. The molecule has 5 nitrogen and oxygen atoms in total. The number of nitrogens with zero attached hydrogens (tertiary/aromatic N) is 2. The predicted octanol–water partition coefficient (Wildman–Crippen LogP) is 4.58. The molecule has 7 heteroatoms. The minimum Gasteiger partial charge on any atom is -0.356 e. The van der Waals surface area contributed by atoms with Crippen molar-refractivity contribution in [3.05, 3.63) is 65.7 Å². The highest BCUT2D eigenvalue weighted by atomic mass is 32.2. The maximum atomic E-state index is 12.3. The number of carbonyl (C=O) groups is 1. The van der Waals surface area contributed by atoms with E-state index in [9.17, 15) is 4.79 Å². The quantitative estimate of drug-likeness (QED) is 0.584. The van der Waals surface area contributed by atoms with E-state index in [1.807, 2.05) is 56.3 Å². The molecule has 0 bridgehead atoms. The number of aryl methyl sites for hydroxylation is 1. The van der Waals surface area contributed by atoms with Crippen LogP contribution in [0.1, 0.15) is 18.1 Å². The molecule has 0 aliphatic heterocycles. The number of benzene rings is 2. The van der Waals surface area contributed by atoms with Gasteiger partial charge in [0.15, 0.2) is 4.34 Å². The van der Waals surface area contributed by atoms with Gasteiger partial charge in [-0.15, -0.1) is 10.2 Å². The van der Waals surface area contributed by atoms with Crippen molar-refractivity contribution in [2.45, 2.75) is 30.0 Å². The number of rotatable bonds is 7. The predicted molar refractivity (Wildman–Crippen MR) is 109 cm³/mol. The monoisotopic (exact) mass is 384 g/mol. The Morgan fingerprint density at radius 2 is 1.85 bits per heavy atom. The molecule has 134 valence electrons. The van der Waals surface area contributed by atoms with E-state index in [-0.39, 0.29) is 11.2 Å². The van der Waals surface area contributed by atoms with Crippen LogP contribution in [-0.2, 0) is 11.3 Å². The number of carbonyl (C=O) groups excluding carboxylic acids is 1. The molecule has 1 amide bonds. The number of anilines is 2. The molecule has 0 spiro atoms. The van der Waals surface area contributed by atoms with Gasteiger partial charge in [-0.25, -0.2) is 0 Å². The second-order valence-electron chi connectivity index (χ2n) is 5.83. The Labute approximate surface area is 161 Å². The van der Waals surface area contributed by atoms with Crippen LogP contribution in [0.5, 0.6) is 0 Å². The van der Waals surface area contributed by atoms with Crippen molar-refractivity contribution >= 4 is 39.8 Å². The van der Waals surface area contributed by atoms with E-state index in [2.05, 4.69) is 33.0 Å². The summed E-state index contributed by atoms with van der Waals surface area (Å²) < 4.78 is 0.770. The topological polar surface area (TPSA) is 66.9 Å². The van der Waals surface area contributed by atoms with Crippen molar-refractivity contribution in [1.82, 2.24) is 10.2 Å². The number of aromatic nitrogens is 2. The summed E-state index contributed by atoms with van der Waals surface area (Å²) in [6.45, 7) is 4.58. The zero-order valence-corrected chi connectivity index (χ0v) is 16.2. The molecule has 1 aromatic heterocycles. The Morgan fingerprint density at radius 1 is 1.12 bits per heavy atom. The molecule has 1 heterocycles. The van der Waals surface area contributed by atoms with Crippen LogP contribution in [0.2, 0.25) is 0 Å². The van der Waals surface area contributed by atoms with Crippen LogP contribution < -0.4 is 10.6 Å². The number of amides is 1. The van der Waals surface area contributed by atoms with E-state index in [1.165, 1.54) is 28.7 Å². The van der Waals surface area contributed by atoms with E-state index >= 15 is 0 Å². The van der Waals surface area contributed by atoms with Gasteiger partial charge < -0.3 is 10.6 Å². The van der Waals surface area contributed by atoms with Crippen molar-refractivity contribution < 1.29 is 4.79 Å². The summed E-state index contributed by atoms with van der Waals surface area (Å²) in [4.78, 5) is 12.3. The summed E-state index contributed by atoms with van der Waals surface area (Å²) in [7, 11) is 0. The first kappa shape index (κ1) is 18.4. The van der Waals surface area contributed by atoms with Crippen LogP contribution in [0.25, 0.3) is 0 Å². The summed E-state index contributed by atoms with van der Waals surface area (Å²) in [5.41, 5.74) is 3.15. The first-order valence-corrected chi connectivity index (χ1v) is 9.95. The van der Waals surface area contributed by atoms with Crippen LogP contribution in [0, 0.1) is 6.92 Å². The molecule has 0 aliphatic rings. The van der Waals surface area contributed by atoms with Crippen LogP contribution in [0.15, 0.2) is 58.9 Å². The van der Waals surface area contributed by atoms with Crippen LogP contribution in [0.4, 0.5) is 10.8 Å². The molecule has 0 unspecified atom stereocenters. The van der Waals surface area contributed by atoms with Crippen molar-refractivity contribution in [1.29, 1.82) is 0 Å². The molecule has 0 fully saturated rings. The summed E-state index contributed by atoms with van der Waals surface area (Å²) in [5.74, 6) is -0.0483. The van der Waals surface area contributed by atoms with Gasteiger partial charge in [-0.2, -0.15) is 0 Å². The average molecular weight is 385 g/mol. The molecular formula is C19H20N4OS2. The summed E-state index contributed by atoms with van der Waals surface area (Å²) >= 11 is 2.87. The van der Waals surface area contributed by atoms with E-state index in [0.717, 1.165) is 20.7 Å². The number of hydrogen-bond acceptors (Lipinski definition) is 6. The van der Waals surface area contributed by atoms with E-state index < -0.39 is 0 Å².